The standard InChI is InChI=1S/C11H14O3/c1-11(5-4-10(8-12)14-11)7-9-3-2-6-13-9/h2-3,6,8,10H,4-5,7H2,1H3. The Hall–Kier alpha value is -1.09. The number of hydrogen-bond donors (Lipinski definition) is 0. The van der Waals surface area contributed by atoms with Crippen molar-refractivity contribution in [3.05, 3.63) is 24.2 Å². The van der Waals surface area contributed by atoms with Crippen molar-refractivity contribution in [1.82, 2.24) is 0 Å². The van der Waals surface area contributed by atoms with Gasteiger partial charge < -0.3 is 13.9 Å². The molecule has 3 nitrogen and oxygen atoms in total. The molecule has 1 aromatic heterocycles. The van der Waals surface area contributed by atoms with Gasteiger partial charge in [0.05, 0.1) is 11.9 Å². The molecule has 0 saturated carbocycles. The summed E-state index contributed by atoms with van der Waals surface area (Å²) in [6.45, 7) is 2.03. The molecule has 1 aromatic rings. The zero-order valence-corrected chi connectivity index (χ0v) is 8.23. The third-order valence-corrected chi connectivity index (χ3v) is 2.67. The summed E-state index contributed by atoms with van der Waals surface area (Å²) in [6, 6.07) is 3.80. The van der Waals surface area contributed by atoms with Crippen LogP contribution in [0.1, 0.15) is 25.5 Å². The molecule has 2 rings (SSSR count). The van der Waals surface area contributed by atoms with E-state index < -0.39 is 0 Å². The first-order valence-electron chi connectivity index (χ1n) is 4.87. The Labute approximate surface area is 83.0 Å². The fourth-order valence-electron chi connectivity index (χ4n) is 1.94. The number of rotatable bonds is 3. The zero-order valence-electron chi connectivity index (χ0n) is 8.23. The summed E-state index contributed by atoms with van der Waals surface area (Å²) in [7, 11) is 0. The van der Waals surface area contributed by atoms with E-state index >= 15 is 0 Å². The van der Waals surface area contributed by atoms with Gasteiger partial charge in [0, 0.05) is 6.42 Å². The summed E-state index contributed by atoms with van der Waals surface area (Å²) >= 11 is 0. The molecule has 0 aromatic carbocycles. The van der Waals surface area contributed by atoms with Crippen LogP contribution in [0.25, 0.3) is 0 Å². The lowest BCUT2D eigenvalue weighted by atomic mass is 9.97. The van der Waals surface area contributed by atoms with Gasteiger partial charge in [-0.2, -0.15) is 0 Å². The van der Waals surface area contributed by atoms with Gasteiger partial charge in [-0.1, -0.05) is 0 Å². The lowest BCUT2D eigenvalue weighted by Gasteiger charge is -2.22. The van der Waals surface area contributed by atoms with Crippen LogP contribution in [0, 0.1) is 0 Å². The highest BCUT2D eigenvalue weighted by molar-refractivity contribution is 5.56. The number of carbonyl (C=O) groups excluding carboxylic acids is 1. The van der Waals surface area contributed by atoms with Gasteiger partial charge >= 0.3 is 0 Å². The van der Waals surface area contributed by atoms with Crippen molar-refractivity contribution in [3.8, 4) is 0 Å². The van der Waals surface area contributed by atoms with Crippen LogP contribution in [0.4, 0.5) is 0 Å². The predicted octanol–water partition coefficient (Wildman–Crippen LogP) is 1.96. The molecule has 1 fully saturated rings. The van der Waals surface area contributed by atoms with Crippen LogP contribution >= 0.6 is 0 Å². The van der Waals surface area contributed by atoms with Crippen LogP contribution in [0.15, 0.2) is 22.8 Å². The highest BCUT2D eigenvalue weighted by Gasteiger charge is 2.36. The van der Waals surface area contributed by atoms with Crippen molar-refractivity contribution >= 4 is 6.29 Å². The summed E-state index contributed by atoms with van der Waals surface area (Å²) < 4.78 is 10.9. The zero-order chi connectivity index (χ0) is 10.0. The minimum absolute atomic E-state index is 0.227. The van der Waals surface area contributed by atoms with Gasteiger partial charge in [-0.15, -0.1) is 0 Å². The Morgan fingerprint density at radius 2 is 2.57 bits per heavy atom. The van der Waals surface area contributed by atoms with E-state index in [-0.39, 0.29) is 11.7 Å². The van der Waals surface area contributed by atoms with E-state index in [1.54, 1.807) is 6.26 Å². The third-order valence-electron chi connectivity index (χ3n) is 2.67. The molecule has 0 bridgehead atoms. The van der Waals surface area contributed by atoms with Crippen molar-refractivity contribution in [3.63, 3.8) is 0 Å². The maximum Gasteiger partial charge on any atom is 0.148 e. The van der Waals surface area contributed by atoms with Gasteiger partial charge in [0.2, 0.25) is 0 Å². The number of furan rings is 1. The third kappa shape index (κ3) is 1.87. The Morgan fingerprint density at radius 3 is 3.14 bits per heavy atom. The average Bonchev–Trinajstić information content (AvgIpc) is 2.76. The SMILES string of the molecule is CC1(Cc2ccco2)CCC(C=O)O1. The molecule has 0 N–H and O–H groups in total. The Kier molecular flexibility index (Phi) is 2.42. The first-order chi connectivity index (χ1) is 6.72. The molecular weight excluding hydrogens is 180 g/mol. The van der Waals surface area contributed by atoms with Crippen LogP contribution in [0.3, 0.4) is 0 Å². The maximum absolute atomic E-state index is 10.5. The largest absolute Gasteiger partial charge is 0.469 e. The monoisotopic (exact) mass is 194 g/mol. The minimum Gasteiger partial charge on any atom is -0.469 e. The first kappa shape index (κ1) is 9.46. The van der Waals surface area contributed by atoms with Gasteiger partial charge in [-0.3, -0.25) is 0 Å². The van der Waals surface area contributed by atoms with E-state index in [0.717, 1.165) is 31.3 Å². The Morgan fingerprint density at radius 1 is 1.71 bits per heavy atom. The second-order valence-corrected chi connectivity index (χ2v) is 4.04. The highest BCUT2D eigenvalue weighted by Crippen LogP contribution is 2.32. The quantitative estimate of drug-likeness (QED) is 0.690. The molecule has 2 atom stereocenters. The number of carbonyl (C=O) groups is 1. The van der Waals surface area contributed by atoms with Crippen LogP contribution in [-0.2, 0) is 16.0 Å². The molecule has 0 spiro atoms. The normalized spacial score (nSPS) is 31.9. The van der Waals surface area contributed by atoms with E-state index in [0.29, 0.717) is 0 Å². The van der Waals surface area contributed by atoms with Crippen molar-refractivity contribution in [2.75, 3.05) is 0 Å². The molecule has 1 saturated heterocycles. The molecule has 2 unspecified atom stereocenters. The van der Waals surface area contributed by atoms with Crippen LogP contribution in [0.2, 0.25) is 0 Å². The average molecular weight is 194 g/mol. The van der Waals surface area contributed by atoms with Crippen molar-refractivity contribution in [2.24, 2.45) is 0 Å². The summed E-state index contributed by atoms with van der Waals surface area (Å²) in [4.78, 5) is 10.5. The summed E-state index contributed by atoms with van der Waals surface area (Å²) in [5, 5.41) is 0. The fourth-order valence-corrected chi connectivity index (χ4v) is 1.94. The van der Waals surface area contributed by atoms with Gasteiger partial charge in [-0.25, -0.2) is 0 Å². The molecular formula is C11H14O3. The van der Waals surface area contributed by atoms with Gasteiger partial charge in [-0.05, 0) is 31.9 Å². The number of ether oxygens (including phenoxy) is 1. The van der Waals surface area contributed by atoms with Crippen molar-refractivity contribution in [1.29, 1.82) is 0 Å². The molecule has 1 aliphatic rings. The Bertz CT molecular complexity index is 304. The fraction of sp³-hybridized carbons (Fsp3) is 0.545. The second kappa shape index (κ2) is 3.58. The van der Waals surface area contributed by atoms with E-state index in [1.807, 2.05) is 19.1 Å². The lowest BCUT2D eigenvalue weighted by molar-refractivity contribution is -0.121. The molecule has 0 aliphatic carbocycles. The first-order valence-corrected chi connectivity index (χ1v) is 4.87. The van der Waals surface area contributed by atoms with Gasteiger partial charge in [0.25, 0.3) is 0 Å². The summed E-state index contributed by atoms with van der Waals surface area (Å²) in [5.74, 6) is 0.916. The molecule has 0 radical (unpaired) electrons. The summed E-state index contributed by atoms with van der Waals surface area (Å²) in [6.07, 6.45) is 4.79. The molecule has 1 aliphatic heterocycles. The Balaban J connectivity index is 2.01. The number of hydrogen-bond acceptors (Lipinski definition) is 3. The summed E-state index contributed by atoms with van der Waals surface area (Å²) in [5.41, 5.74) is -0.233. The second-order valence-electron chi connectivity index (χ2n) is 4.04. The van der Waals surface area contributed by atoms with E-state index in [2.05, 4.69) is 0 Å². The molecule has 3 heteroatoms. The smallest absolute Gasteiger partial charge is 0.148 e. The van der Waals surface area contributed by atoms with E-state index in [1.165, 1.54) is 0 Å². The molecule has 14 heavy (non-hydrogen) atoms. The highest BCUT2D eigenvalue weighted by atomic mass is 16.5. The van der Waals surface area contributed by atoms with Crippen LogP contribution in [0.5, 0.6) is 0 Å². The molecule has 76 valence electrons. The number of aldehydes is 1. The van der Waals surface area contributed by atoms with Crippen LogP contribution < -0.4 is 0 Å². The van der Waals surface area contributed by atoms with E-state index in [9.17, 15) is 4.79 Å². The minimum atomic E-state index is -0.233. The van der Waals surface area contributed by atoms with Gasteiger partial charge in [0.1, 0.15) is 18.2 Å². The molecule has 2 heterocycles. The van der Waals surface area contributed by atoms with Crippen molar-refractivity contribution < 1.29 is 13.9 Å². The van der Waals surface area contributed by atoms with E-state index in [4.69, 9.17) is 9.15 Å². The predicted molar refractivity (Wildman–Crippen MR) is 51.0 cm³/mol. The van der Waals surface area contributed by atoms with Crippen molar-refractivity contribution in [2.45, 2.75) is 37.9 Å². The topological polar surface area (TPSA) is 39.4 Å². The molecule has 0 amide bonds. The van der Waals surface area contributed by atoms with Crippen LogP contribution in [-0.4, -0.2) is 18.0 Å². The van der Waals surface area contributed by atoms with Gasteiger partial charge in [0.15, 0.2) is 0 Å². The maximum atomic E-state index is 10.5. The lowest BCUT2D eigenvalue weighted by Crippen LogP contribution is -2.28.